The Morgan fingerprint density at radius 2 is 2.00 bits per heavy atom. The number of para-hydroxylation sites is 1. The second-order valence-corrected chi connectivity index (χ2v) is 5.00. The van der Waals surface area contributed by atoms with Crippen molar-refractivity contribution in [3.05, 3.63) is 64.4 Å². The molecule has 0 saturated heterocycles. The highest BCUT2D eigenvalue weighted by atomic mass is 35.5. The summed E-state index contributed by atoms with van der Waals surface area (Å²) in [5.41, 5.74) is 7.74. The van der Waals surface area contributed by atoms with Crippen molar-refractivity contribution < 1.29 is 9.13 Å². The Morgan fingerprint density at radius 3 is 2.70 bits per heavy atom. The lowest BCUT2D eigenvalue weighted by Gasteiger charge is -2.15. The first-order chi connectivity index (χ1) is 9.61. The van der Waals surface area contributed by atoms with Crippen molar-refractivity contribution in [2.75, 3.05) is 0 Å². The molecule has 0 amide bonds. The molecule has 0 unspecified atom stereocenters. The van der Waals surface area contributed by atoms with E-state index >= 15 is 0 Å². The van der Waals surface area contributed by atoms with E-state index in [1.54, 1.807) is 6.07 Å². The van der Waals surface area contributed by atoms with E-state index in [-0.39, 0.29) is 17.7 Å². The van der Waals surface area contributed by atoms with Gasteiger partial charge in [-0.05, 0) is 30.2 Å². The zero-order chi connectivity index (χ0) is 14.5. The first kappa shape index (κ1) is 14.8. The summed E-state index contributed by atoms with van der Waals surface area (Å²) in [6.45, 7) is 2.30. The molecule has 2 N–H and O–H groups in total. The molecule has 2 rings (SSSR count). The number of nitrogens with two attached hydrogens (primary N) is 1. The van der Waals surface area contributed by atoms with Gasteiger partial charge in [-0.2, -0.15) is 0 Å². The molecule has 0 bridgehead atoms. The zero-order valence-corrected chi connectivity index (χ0v) is 12.0. The maximum Gasteiger partial charge on any atom is 0.142 e. The summed E-state index contributed by atoms with van der Waals surface area (Å²) in [4.78, 5) is 0. The Morgan fingerprint density at radius 1 is 1.25 bits per heavy atom. The molecule has 0 aromatic heterocycles. The summed E-state index contributed by atoms with van der Waals surface area (Å²) < 4.78 is 19.1. The molecule has 0 aliphatic heterocycles. The SMILES string of the molecule is CC[C@H](N)c1ccccc1OCc1ccc(Cl)c(F)c1. The monoisotopic (exact) mass is 293 g/mol. The average molecular weight is 294 g/mol. The maximum absolute atomic E-state index is 13.4. The molecule has 0 radical (unpaired) electrons. The molecule has 2 nitrogen and oxygen atoms in total. The fourth-order valence-corrected chi connectivity index (χ4v) is 2.05. The number of hydrogen-bond acceptors (Lipinski definition) is 2. The van der Waals surface area contributed by atoms with Crippen LogP contribution in [0.5, 0.6) is 5.75 Å². The predicted molar refractivity (Wildman–Crippen MR) is 79.4 cm³/mol. The average Bonchev–Trinajstić information content (AvgIpc) is 2.48. The van der Waals surface area contributed by atoms with Crippen LogP contribution >= 0.6 is 11.6 Å². The van der Waals surface area contributed by atoms with Crippen LogP contribution in [0.15, 0.2) is 42.5 Å². The Labute approximate surface area is 123 Å². The number of rotatable bonds is 5. The molecule has 0 aliphatic rings. The van der Waals surface area contributed by atoms with Crippen LogP contribution in [0.1, 0.15) is 30.5 Å². The van der Waals surface area contributed by atoms with Gasteiger partial charge < -0.3 is 10.5 Å². The van der Waals surface area contributed by atoms with Crippen molar-refractivity contribution in [2.45, 2.75) is 26.0 Å². The van der Waals surface area contributed by atoms with Gasteiger partial charge in [-0.3, -0.25) is 0 Å². The third-order valence-corrected chi connectivity index (χ3v) is 3.44. The van der Waals surface area contributed by atoms with Crippen LogP contribution in [0, 0.1) is 5.82 Å². The minimum Gasteiger partial charge on any atom is -0.489 e. The molecule has 0 heterocycles. The lowest BCUT2D eigenvalue weighted by molar-refractivity contribution is 0.300. The van der Waals surface area contributed by atoms with Gasteiger partial charge in [0.1, 0.15) is 18.2 Å². The first-order valence-corrected chi connectivity index (χ1v) is 6.91. The number of benzene rings is 2. The standard InChI is InChI=1S/C16H17ClFNO/c1-2-15(19)12-5-3-4-6-16(12)20-10-11-7-8-13(17)14(18)9-11/h3-9,15H,2,10,19H2,1H3/t15-/m0/s1. The summed E-state index contributed by atoms with van der Waals surface area (Å²) >= 11 is 5.65. The molecule has 2 aromatic rings. The topological polar surface area (TPSA) is 35.2 Å². The minimum absolute atomic E-state index is 0.0619. The summed E-state index contributed by atoms with van der Waals surface area (Å²) in [5, 5.41) is 0.113. The van der Waals surface area contributed by atoms with Gasteiger partial charge in [0.05, 0.1) is 5.02 Å². The fraction of sp³-hybridized carbons (Fsp3) is 0.250. The van der Waals surface area contributed by atoms with Gasteiger partial charge in [0.15, 0.2) is 0 Å². The molecule has 20 heavy (non-hydrogen) atoms. The van der Waals surface area contributed by atoms with Crippen molar-refractivity contribution in [3.8, 4) is 5.75 Å². The van der Waals surface area contributed by atoms with E-state index < -0.39 is 5.82 Å². The maximum atomic E-state index is 13.4. The summed E-state index contributed by atoms with van der Waals surface area (Å²) in [6.07, 6.45) is 0.829. The summed E-state index contributed by atoms with van der Waals surface area (Å²) in [6, 6.07) is 12.2. The van der Waals surface area contributed by atoms with Crippen molar-refractivity contribution in [3.63, 3.8) is 0 Å². The van der Waals surface area contributed by atoms with Crippen LogP contribution in [0.3, 0.4) is 0 Å². The molecule has 0 fully saturated rings. The highest BCUT2D eigenvalue weighted by Gasteiger charge is 2.10. The second-order valence-electron chi connectivity index (χ2n) is 4.59. The van der Waals surface area contributed by atoms with Gasteiger partial charge in [-0.15, -0.1) is 0 Å². The van der Waals surface area contributed by atoms with Gasteiger partial charge in [0.25, 0.3) is 0 Å². The molecule has 1 atom stereocenters. The summed E-state index contributed by atoms with van der Waals surface area (Å²) in [5.74, 6) is 0.295. The van der Waals surface area contributed by atoms with Gasteiger partial charge in [-0.1, -0.05) is 42.8 Å². The van der Waals surface area contributed by atoms with Gasteiger partial charge in [0, 0.05) is 11.6 Å². The molecule has 0 saturated carbocycles. The molecule has 106 valence electrons. The van der Waals surface area contributed by atoms with E-state index in [0.29, 0.717) is 0 Å². The van der Waals surface area contributed by atoms with Crippen molar-refractivity contribution >= 4 is 11.6 Å². The Bertz CT molecular complexity index is 588. The van der Waals surface area contributed by atoms with Crippen molar-refractivity contribution in [1.82, 2.24) is 0 Å². The van der Waals surface area contributed by atoms with Gasteiger partial charge in [-0.25, -0.2) is 4.39 Å². The molecular formula is C16H17ClFNO. The molecular weight excluding hydrogens is 277 g/mol. The van der Waals surface area contributed by atoms with E-state index in [4.69, 9.17) is 22.1 Å². The summed E-state index contributed by atoms with van der Waals surface area (Å²) in [7, 11) is 0. The minimum atomic E-state index is -0.439. The van der Waals surface area contributed by atoms with Crippen LogP contribution in [-0.4, -0.2) is 0 Å². The Kier molecular flexibility index (Phi) is 4.99. The van der Waals surface area contributed by atoms with Crippen molar-refractivity contribution in [1.29, 1.82) is 0 Å². The first-order valence-electron chi connectivity index (χ1n) is 6.53. The fourth-order valence-electron chi connectivity index (χ4n) is 1.93. The second kappa shape index (κ2) is 6.73. The van der Waals surface area contributed by atoms with Crippen molar-refractivity contribution in [2.24, 2.45) is 5.73 Å². The lowest BCUT2D eigenvalue weighted by Crippen LogP contribution is -2.10. The van der Waals surface area contributed by atoms with E-state index in [1.807, 2.05) is 31.2 Å². The van der Waals surface area contributed by atoms with Gasteiger partial charge in [0.2, 0.25) is 0 Å². The number of hydrogen-bond donors (Lipinski definition) is 1. The zero-order valence-electron chi connectivity index (χ0n) is 11.3. The van der Waals surface area contributed by atoms with Crippen LogP contribution in [-0.2, 0) is 6.61 Å². The number of halogens is 2. The van der Waals surface area contributed by atoms with E-state index in [9.17, 15) is 4.39 Å². The largest absolute Gasteiger partial charge is 0.489 e. The number of ether oxygens (including phenoxy) is 1. The van der Waals surface area contributed by atoms with Crippen LogP contribution in [0.4, 0.5) is 4.39 Å². The Balaban J connectivity index is 2.12. The molecule has 0 spiro atoms. The smallest absolute Gasteiger partial charge is 0.142 e. The third kappa shape index (κ3) is 3.50. The van der Waals surface area contributed by atoms with E-state index in [2.05, 4.69) is 0 Å². The Hall–Kier alpha value is -1.58. The quantitative estimate of drug-likeness (QED) is 0.883. The molecule has 0 aliphatic carbocycles. The van der Waals surface area contributed by atoms with Crippen LogP contribution in [0.2, 0.25) is 5.02 Å². The van der Waals surface area contributed by atoms with Crippen LogP contribution in [0.25, 0.3) is 0 Å². The molecule has 2 aromatic carbocycles. The highest BCUT2D eigenvalue weighted by Crippen LogP contribution is 2.26. The van der Waals surface area contributed by atoms with E-state index in [0.717, 1.165) is 23.3 Å². The highest BCUT2D eigenvalue weighted by molar-refractivity contribution is 6.30. The lowest BCUT2D eigenvalue weighted by atomic mass is 10.0. The third-order valence-electron chi connectivity index (χ3n) is 3.14. The van der Waals surface area contributed by atoms with E-state index in [1.165, 1.54) is 12.1 Å². The molecule has 4 heteroatoms. The normalized spacial score (nSPS) is 12.2. The van der Waals surface area contributed by atoms with Gasteiger partial charge >= 0.3 is 0 Å². The van der Waals surface area contributed by atoms with Crippen LogP contribution < -0.4 is 10.5 Å². The predicted octanol–water partition coefficient (Wildman–Crippen LogP) is 4.47.